The summed E-state index contributed by atoms with van der Waals surface area (Å²) in [5.41, 5.74) is 8.18. The van der Waals surface area contributed by atoms with Crippen LogP contribution in [-0.4, -0.2) is 23.3 Å². The van der Waals surface area contributed by atoms with Crippen LogP contribution < -0.4 is 11.1 Å². The van der Waals surface area contributed by atoms with Crippen LogP contribution in [0.15, 0.2) is 35.7 Å². The maximum atomic E-state index is 5.79. The zero-order valence-corrected chi connectivity index (χ0v) is 10.5. The molecule has 1 aromatic heterocycles. The number of nitrogens with two attached hydrogens (primary N) is 1. The monoisotopic (exact) mass is 256 g/mol. The molecule has 1 heterocycles. The number of nitrogen functional groups attached to an aromatic ring is 1. The van der Waals surface area contributed by atoms with Gasteiger partial charge in [-0.1, -0.05) is 17.3 Å². The molecule has 0 saturated heterocycles. The highest BCUT2D eigenvalue weighted by atomic mass is 16.6. The number of oxime groups is 1. The van der Waals surface area contributed by atoms with Gasteiger partial charge in [0, 0.05) is 5.69 Å². The number of rotatable bonds is 4. The molecule has 1 radical (unpaired) electrons. The summed E-state index contributed by atoms with van der Waals surface area (Å²) in [6.07, 6.45) is 2.85. The number of nitrogens with zero attached hydrogens (tertiary/aromatic N) is 3. The minimum absolute atomic E-state index is 0.326. The van der Waals surface area contributed by atoms with Crippen LogP contribution in [0.3, 0.4) is 0 Å². The zero-order chi connectivity index (χ0) is 13.7. The Morgan fingerprint density at radius 3 is 2.74 bits per heavy atom. The molecule has 6 nitrogen and oxygen atoms in total. The van der Waals surface area contributed by atoms with Crippen molar-refractivity contribution in [2.24, 2.45) is 5.16 Å². The Morgan fingerprint density at radius 1 is 1.32 bits per heavy atom. The predicted molar refractivity (Wildman–Crippen MR) is 75.2 cm³/mol. The highest BCUT2D eigenvalue weighted by Gasteiger charge is 2.07. The highest BCUT2D eigenvalue weighted by molar-refractivity contribution is 5.92. The van der Waals surface area contributed by atoms with E-state index in [0.717, 1.165) is 11.3 Å². The fraction of sp³-hybridized carbons (Fsp3) is 0.0769. The van der Waals surface area contributed by atoms with Crippen LogP contribution in [0, 0.1) is 6.92 Å². The largest absolute Gasteiger partial charge is 0.399 e. The summed E-state index contributed by atoms with van der Waals surface area (Å²) in [5, 5.41) is 6.83. The van der Waals surface area contributed by atoms with E-state index in [1.54, 1.807) is 0 Å². The maximum Gasteiger partial charge on any atom is 0.144 e. The normalized spacial score (nSPS) is 10.6. The molecule has 0 aliphatic carbocycles. The van der Waals surface area contributed by atoms with Crippen molar-refractivity contribution in [3.63, 3.8) is 0 Å². The van der Waals surface area contributed by atoms with Crippen molar-refractivity contribution in [3.05, 3.63) is 48.6 Å². The first-order valence-corrected chi connectivity index (χ1v) is 5.56. The van der Waals surface area contributed by atoms with E-state index in [0.29, 0.717) is 17.2 Å². The smallest absolute Gasteiger partial charge is 0.144 e. The van der Waals surface area contributed by atoms with Gasteiger partial charge in [0.2, 0.25) is 0 Å². The lowest BCUT2D eigenvalue weighted by molar-refractivity contribution is 0.215. The summed E-state index contributed by atoms with van der Waals surface area (Å²) in [7, 11) is 1.45. The van der Waals surface area contributed by atoms with Crippen LogP contribution in [0.1, 0.15) is 11.1 Å². The fourth-order valence-corrected chi connectivity index (χ4v) is 1.47. The topological polar surface area (TPSA) is 85.4 Å². The van der Waals surface area contributed by atoms with E-state index in [-0.39, 0.29) is 0 Å². The van der Waals surface area contributed by atoms with Crippen LogP contribution in [0.2, 0.25) is 0 Å². The number of anilines is 3. The number of hydrogen-bond acceptors (Lipinski definition) is 6. The molecule has 0 amide bonds. The molecule has 0 aliphatic heterocycles. The number of hydrogen-bond donors (Lipinski definition) is 2. The maximum absolute atomic E-state index is 5.79. The van der Waals surface area contributed by atoms with Gasteiger partial charge in [0.05, 0.1) is 11.8 Å². The van der Waals surface area contributed by atoms with Crippen LogP contribution in [-0.2, 0) is 4.84 Å². The molecule has 19 heavy (non-hydrogen) atoms. The molecule has 1 aromatic carbocycles. The van der Waals surface area contributed by atoms with Gasteiger partial charge in [-0.3, -0.25) is 0 Å². The second-order valence-electron chi connectivity index (χ2n) is 3.76. The van der Waals surface area contributed by atoms with Crippen LogP contribution in [0.5, 0.6) is 0 Å². The lowest BCUT2D eigenvalue weighted by Gasteiger charge is -2.09. The van der Waals surface area contributed by atoms with E-state index in [1.807, 2.05) is 24.3 Å². The quantitative estimate of drug-likeness (QED) is 0.645. The number of aromatic nitrogens is 2. The van der Waals surface area contributed by atoms with Crippen LogP contribution in [0.25, 0.3) is 0 Å². The zero-order valence-electron chi connectivity index (χ0n) is 10.5. The standard InChI is InChI=1S/C13H14N5O/c1-9-3-5-10(6-4-9)18-13-11(7-17-19-2)12(14)15-8-16-13/h3-8H,1H2,2H3,(H3,14,15,16,18). The lowest BCUT2D eigenvalue weighted by atomic mass is 10.2. The van der Waals surface area contributed by atoms with Gasteiger partial charge >= 0.3 is 0 Å². The summed E-state index contributed by atoms with van der Waals surface area (Å²) in [6.45, 7) is 3.83. The van der Waals surface area contributed by atoms with Crippen molar-refractivity contribution in [3.8, 4) is 0 Å². The molecule has 0 atom stereocenters. The number of benzene rings is 1. The average Bonchev–Trinajstić information content (AvgIpc) is 2.41. The molecule has 0 saturated carbocycles. The minimum Gasteiger partial charge on any atom is -0.399 e. The van der Waals surface area contributed by atoms with E-state index in [9.17, 15) is 0 Å². The predicted octanol–water partition coefficient (Wildman–Crippen LogP) is 1.96. The molecule has 97 valence electrons. The van der Waals surface area contributed by atoms with Gasteiger partial charge in [-0.25, -0.2) is 9.97 Å². The average molecular weight is 256 g/mol. The van der Waals surface area contributed by atoms with E-state index in [2.05, 4.69) is 32.2 Å². The van der Waals surface area contributed by atoms with Crippen LogP contribution >= 0.6 is 0 Å². The van der Waals surface area contributed by atoms with E-state index in [1.165, 1.54) is 19.7 Å². The highest BCUT2D eigenvalue weighted by Crippen LogP contribution is 2.20. The van der Waals surface area contributed by atoms with Crippen molar-refractivity contribution in [2.75, 3.05) is 18.2 Å². The number of nitrogens with one attached hydrogen (secondary N) is 1. The molecule has 2 rings (SSSR count). The third-order valence-corrected chi connectivity index (χ3v) is 2.42. The molecule has 6 heteroatoms. The third kappa shape index (κ3) is 3.19. The molecule has 0 unspecified atom stereocenters. The summed E-state index contributed by atoms with van der Waals surface area (Å²) >= 11 is 0. The van der Waals surface area contributed by atoms with E-state index < -0.39 is 0 Å². The molecule has 0 aliphatic rings. The van der Waals surface area contributed by atoms with Crippen molar-refractivity contribution in [1.29, 1.82) is 0 Å². The molecule has 0 fully saturated rings. The van der Waals surface area contributed by atoms with Crippen molar-refractivity contribution >= 4 is 23.5 Å². The Hall–Kier alpha value is -2.63. The Kier molecular flexibility index (Phi) is 3.92. The first-order valence-electron chi connectivity index (χ1n) is 5.56. The summed E-state index contributed by atoms with van der Waals surface area (Å²) in [4.78, 5) is 12.7. The summed E-state index contributed by atoms with van der Waals surface area (Å²) < 4.78 is 0. The van der Waals surface area contributed by atoms with Gasteiger partial charge in [-0.05, 0) is 24.6 Å². The third-order valence-electron chi connectivity index (χ3n) is 2.42. The van der Waals surface area contributed by atoms with Crippen LogP contribution in [0.4, 0.5) is 17.3 Å². The Morgan fingerprint density at radius 2 is 2.05 bits per heavy atom. The summed E-state index contributed by atoms with van der Waals surface area (Å²) in [6, 6.07) is 7.60. The molecular weight excluding hydrogens is 242 g/mol. The lowest BCUT2D eigenvalue weighted by Crippen LogP contribution is -2.04. The summed E-state index contributed by atoms with van der Waals surface area (Å²) in [5.74, 6) is 0.886. The van der Waals surface area contributed by atoms with Gasteiger partial charge < -0.3 is 15.9 Å². The van der Waals surface area contributed by atoms with Gasteiger partial charge in [0.15, 0.2) is 0 Å². The minimum atomic E-state index is 0.326. The van der Waals surface area contributed by atoms with Gasteiger partial charge in [0.25, 0.3) is 0 Å². The second-order valence-corrected chi connectivity index (χ2v) is 3.76. The van der Waals surface area contributed by atoms with E-state index in [4.69, 9.17) is 5.73 Å². The SMILES string of the molecule is [CH2]c1ccc(Nc2ncnc(N)c2C=NOC)cc1. The van der Waals surface area contributed by atoms with E-state index >= 15 is 0 Å². The van der Waals surface area contributed by atoms with Gasteiger partial charge in [0.1, 0.15) is 25.1 Å². The molecular formula is C13H14N5O. The Bertz CT molecular complexity index is 580. The van der Waals surface area contributed by atoms with Gasteiger partial charge in [-0.15, -0.1) is 0 Å². The molecule has 3 N–H and O–H groups in total. The van der Waals surface area contributed by atoms with Crippen molar-refractivity contribution < 1.29 is 4.84 Å². The van der Waals surface area contributed by atoms with Crippen molar-refractivity contribution in [1.82, 2.24) is 9.97 Å². The molecule has 0 bridgehead atoms. The first kappa shape index (κ1) is 12.8. The van der Waals surface area contributed by atoms with Gasteiger partial charge in [-0.2, -0.15) is 0 Å². The first-order chi connectivity index (χ1) is 9.20. The fourth-order valence-electron chi connectivity index (χ4n) is 1.47. The Balaban J connectivity index is 2.31. The van der Waals surface area contributed by atoms with Crippen molar-refractivity contribution in [2.45, 2.75) is 0 Å². The molecule has 0 spiro atoms. The second kappa shape index (κ2) is 5.81. The Labute approximate surface area is 111 Å². The molecule has 2 aromatic rings.